The lowest BCUT2D eigenvalue weighted by molar-refractivity contribution is 1.21. The van der Waals surface area contributed by atoms with E-state index in [0.29, 0.717) is 22.0 Å². The van der Waals surface area contributed by atoms with E-state index in [-0.39, 0.29) is 5.95 Å². The lowest BCUT2D eigenvalue weighted by Crippen LogP contribution is -2.01. The van der Waals surface area contributed by atoms with E-state index in [1.807, 2.05) is 6.07 Å². The van der Waals surface area contributed by atoms with Gasteiger partial charge in [0.05, 0.1) is 12.0 Å². The van der Waals surface area contributed by atoms with Gasteiger partial charge in [-0.1, -0.05) is 11.6 Å². The molecule has 0 unspecified atom stereocenters. The number of hydrogen-bond acceptors (Lipinski definition) is 5. The number of aromatic amines is 1. The van der Waals surface area contributed by atoms with Gasteiger partial charge in [-0.25, -0.2) is 4.98 Å². The number of halogens is 2. The van der Waals surface area contributed by atoms with Crippen molar-refractivity contribution in [3.63, 3.8) is 0 Å². The van der Waals surface area contributed by atoms with Crippen LogP contribution in [0.15, 0.2) is 29.0 Å². The fourth-order valence-corrected chi connectivity index (χ4v) is 2.18. The molecule has 0 atom stereocenters. The summed E-state index contributed by atoms with van der Waals surface area (Å²) in [5, 5.41) is 3.77. The van der Waals surface area contributed by atoms with Crippen LogP contribution in [-0.4, -0.2) is 19.9 Å². The van der Waals surface area contributed by atoms with Crippen LogP contribution in [0.25, 0.3) is 11.2 Å². The van der Waals surface area contributed by atoms with Crippen LogP contribution < -0.4 is 11.1 Å². The zero-order valence-electron chi connectivity index (χ0n) is 9.48. The molecule has 0 saturated heterocycles. The monoisotopic (exact) mass is 338 g/mol. The minimum Gasteiger partial charge on any atom is -0.368 e. The van der Waals surface area contributed by atoms with Crippen molar-refractivity contribution in [3.8, 4) is 0 Å². The van der Waals surface area contributed by atoms with Crippen LogP contribution in [0.3, 0.4) is 0 Å². The van der Waals surface area contributed by atoms with Crippen LogP contribution in [0.2, 0.25) is 5.02 Å². The van der Waals surface area contributed by atoms with Crippen LogP contribution in [0.5, 0.6) is 0 Å². The van der Waals surface area contributed by atoms with Gasteiger partial charge in [0.15, 0.2) is 11.5 Å². The summed E-state index contributed by atoms with van der Waals surface area (Å²) in [4.78, 5) is 15.2. The Bertz CT molecular complexity index is 756. The molecule has 0 bridgehead atoms. The first-order valence-corrected chi connectivity index (χ1v) is 6.49. The summed E-state index contributed by atoms with van der Waals surface area (Å²) in [5.74, 6) is 0.697. The summed E-state index contributed by atoms with van der Waals surface area (Å²) in [5.41, 5.74) is 7.62. The number of benzene rings is 1. The number of nitrogens with zero attached hydrogens (tertiary/aromatic N) is 3. The first-order chi connectivity index (χ1) is 9.13. The Labute approximate surface area is 121 Å². The van der Waals surface area contributed by atoms with E-state index < -0.39 is 0 Å². The molecule has 6 nitrogen and oxygen atoms in total. The lowest BCUT2D eigenvalue weighted by atomic mass is 10.3. The number of nitrogens with one attached hydrogen (secondary N) is 2. The Morgan fingerprint density at radius 2 is 2.16 bits per heavy atom. The molecular weight excluding hydrogens is 332 g/mol. The second kappa shape index (κ2) is 4.67. The zero-order valence-corrected chi connectivity index (χ0v) is 11.8. The number of H-pyrrole nitrogens is 1. The van der Waals surface area contributed by atoms with Crippen LogP contribution in [-0.2, 0) is 0 Å². The maximum absolute atomic E-state index is 5.97. The Morgan fingerprint density at radius 3 is 3.00 bits per heavy atom. The maximum Gasteiger partial charge on any atom is 0.224 e. The largest absolute Gasteiger partial charge is 0.368 e. The number of anilines is 3. The van der Waals surface area contributed by atoms with E-state index in [9.17, 15) is 0 Å². The van der Waals surface area contributed by atoms with Gasteiger partial charge < -0.3 is 16.0 Å². The molecule has 2 heterocycles. The van der Waals surface area contributed by atoms with Gasteiger partial charge in [-0.15, -0.1) is 0 Å². The van der Waals surface area contributed by atoms with Crippen molar-refractivity contribution in [1.29, 1.82) is 0 Å². The molecule has 8 heteroatoms. The van der Waals surface area contributed by atoms with Gasteiger partial charge in [-0.05, 0) is 34.1 Å². The maximum atomic E-state index is 5.97. The third-order valence-corrected chi connectivity index (χ3v) is 3.41. The molecule has 19 heavy (non-hydrogen) atoms. The number of nitrogen functional groups attached to an aromatic ring is 1. The van der Waals surface area contributed by atoms with E-state index >= 15 is 0 Å². The van der Waals surface area contributed by atoms with Gasteiger partial charge in [0, 0.05) is 9.50 Å². The van der Waals surface area contributed by atoms with E-state index in [2.05, 4.69) is 41.2 Å². The number of rotatable bonds is 2. The van der Waals surface area contributed by atoms with Crippen LogP contribution in [0.1, 0.15) is 0 Å². The van der Waals surface area contributed by atoms with Crippen molar-refractivity contribution in [2.45, 2.75) is 0 Å². The van der Waals surface area contributed by atoms with Gasteiger partial charge >= 0.3 is 0 Å². The van der Waals surface area contributed by atoms with E-state index in [1.165, 1.54) is 6.33 Å². The topological polar surface area (TPSA) is 92.5 Å². The summed E-state index contributed by atoms with van der Waals surface area (Å²) in [6, 6.07) is 5.42. The van der Waals surface area contributed by atoms with Crippen LogP contribution in [0.4, 0.5) is 17.5 Å². The molecule has 0 aliphatic heterocycles. The van der Waals surface area contributed by atoms with Gasteiger partial charge in [0.1, 0.15) is 5.52 Å². The first-order valence-electron chi connectivity index (χ1n) is 5.32. The molecule has 96 valence electrons. The second-order valence-corrected chi connectivity index (χ2v) is 5.07. The molecule has 0 amide bonds. The summed E-state index contributed by atoms with van der Waals surface area (Å²) in [6.45, 7) is 0. The molecule has 3 aromatic rings. The Balaban J connectivity index is 2.10. The number of fused-ring (bicyclic) bond motifs is 1. The third-order valence-electron chi connectivity index (χ3n) is 2.48. The molecule has 0 saturated carbocycles. The van der Waals surface area contributed by atoms with Crippen LogP contribution >= 0.6 is 27.5 Å². The van der Waals surface area contributed by atoms with Crippen LogP contribution in [0, 0.1) is 0 Å². The average Bonchev–Trinajstić information content (AvgIpc) is 2.82. The van der Waals surface area contributed by atoms with Crippen molar-refractivity contribution < 1.29 is 0 Å². The van der Waals surface area contributed by atoms with Gasteiger partial charge in [-0.3, -0.25) is 0 Å². The third kappa shape index (κ3) is 2.34. The van der Waals surface area contributed by atoms with Gasteiger partial charge in [0.2, 0.25) is 5.95 Å². The van der Waals surface area contributed by atoms with E-state index in [0.717, 1.165) is 10.2 Å². The quantitative estimate of drug-likeness (QED) is 0.667. The number of nitrogens with two attached hydrogens (primary N) is 1. The molecule has 0 radical (unpaired) electrons. The fraction of sp³-hybridized carbons (Fsp3) is 0. The van der Waals surface area contributed by atoms with Gasteiger partial charge in [0.25, 0.3) is 0 Å². The molecule has 1 aromatic carbocycles. The number of hydrogen-bond donors (Lipinski definition) is 3. The highest BCUT2D eigenvalue weighted by atomic mass is 79.9. The summed E-state index contributed by atoms with van der Waals surface area (Å²) in [7, 11) is 0. The standard InChI is InChI=1S/C11H8BrClN6/c12-6-2-1-5(13)3-7(6)17-10-8-9(16-4-15-8)18-11(14)19-10/h1-4H,(H4,14,15,16,17,18,19). The minimum atomic E-state index is 0.153. The molecule has 0 spiro atoms. The summed E-state index contributed by atoms with van der Waals surface area (Å²) >= 11 is 9.41. The highest BCUT2D eigenvalue weighted by molar-refractivity contribution is 9.10. The molecule has 4 N–H and O–H groups in total. The highest BCUT2D eigenvalue weighted by Gasteiger charge is 2.10. The lowest BCUT2D eigenvalue weighted by Gasteiger charge is -2.09. The summed E-state index contributed by atoms with van der Waals surface area (Å²) in [6.07, 6.45) is 1.54. The Morgan fingerprint density at radius 1 is 1.32 bits per heavy atom. The SMILES string of the molecule is Nc1nc(Nc2cc(Cl)ccc2Br)c2[nH]cnc2n1. The first kappa shape index (κ1) is 12.2. The summed E-state index contributed by atoms with van der Waals surface area (Å²) < 4.78 is 0.863. The molecule has 0 aliphatic rings. The van der Waals surface area contributed by atoms with E-state index in [1.54, 1.807) is 12.1 Å². The Hall–Kier alpha value is -1.86. The number of aromatic nitrogens is 4. The fourth-order valence-electron chi connectivity index (χ4n) is 1.66. The van der Waals surface area contributed by atoms with E-state index in [4.69, 9.17) is 17.3 Å². The van der Waals surface area contributed by atoms with Crippen molar-refractivity contribution in [3.05, 3.63) is 34.0 Å². The molecule has 0 fully saturated rings. The normalized spacial score (nSPS) is 10.8. The second-order valence-electron chi connectivity index (χ2n) is 3.78. The van der Waals surface area contributed by atoms with Gasteiger partial charge in [-0.2, -0.15) is 9.97 Å². The predicted molar refractivity (Wildman–Crippen MR) is 78.5 cm³/mol. The molecule has 3 rings (SSSR count). The minimum absolute atomic E-state index is 0.153. The Kier molecular flexibility index (Phi) is 3.00. The predicted octanol–water partition coefficient (Wildman–Crippen LogP) is 3.09. The highest BCUT2D eigenvalue weighted by Crippen LogP contribution is 2.30. The molecule has 0 aliphatic carbocycles. The average molecular weight is 340 g/mol. The molecule has 2 aromatic heterocycles. The van der Waals surface area contributed by atoms with Crippen molar-refractivity contribution in [2.24, 2.45) is 0 Å². The molecular formula is C11H8BrClN6. The van der Waals surface area contributed by atoms with Crippen molar-refractivity contribution >= 4 is 56.1 Å². The van der Waals surface area contributed by atoms with Crippen molar-refractivity contribution in [2.75, 3.05) is 11.1 Å². The van der Waals surface area contributed by atoms with Crippen molar-refractivity contribution in [1.82, 2.24) is 19.9 Å². The zero-order chi connectivity index (χ0) is 13.4. The number of imidazole rings is 1. The smallest absolute Gasteiger partial charge is 0.224 e.